The number of thiazole rings is 1. The van der Waals surface area contributed by atoms with Crippen LogP contribution in [0.3, 0.4) is 0 Å². The molecule has 0 atom stereocenters. The maximum Gasteiger partial charge on any atom is 0.257 e. The van der Waals surface area contributed by atoms with E-state index in [1.54, 1.807) is 24.3 Å². The Balaban J connectivity index is 1.22. The molecule has 0 spiro atoms. The van der Waals surface area contributed by atoms with Crippen LogP contribution in [0.4, 0.5) is 5.13 Å². The Kier molecular flexibility index (Phi) is 5.87. The predicted molar refractivity (Wildman–Crippen MR) is 131 cm³/mol. The number of anilines is 1. The minimum absolute atomic E-state index is 0.221. The molecule has 7 heteroatoms. The minimum atomic E-state index is -0.221. The van der Waals surface area contributed by atoms with Crippen molar-refractivity contribution >= 4 is 43.5 Å². The molecule has 0 aliphatic heterocycles. The molecule has 1 N–H and O–H groups in total. The van der Waals surface area contributed by atoms with E-state index in [2.05, 4.69) is 15.3 Å². The van der Waals surface area contributed by atoms with Crippen LogP contribution in [0.25, 0.3) is 21.1 Å². The zero-order valence-electron chi connectivity index (χ0n) is 17.9. The van der Waals surface area contributed by atoms with Crippen molar-refractivity contribution in [1.82, 2.24) is 9.97 Å². The van der Waals surface area contributed by atoms with Crippen LogP contribution in [0.1, 0.15) is 23.0 Å². The first-order valence-corrected chi connectivity index (χ1v) is 11.4. The van der Waals surface area contributed by atoms with Crippen LogP contribution >= 0.6 is 11.3 Å². The molecule has 3 aromatic carbocycles. The van der Waals surface area contributed by atoms with E-state index in [0.29, 0.717) is 29.7 Å². The molecular weight excluding hydrogens is 434 g/mol. The summed E-state index contributed by atoms with van der Waals surface area (Å²) in [6.07, 6.45) is 0. The van der Waals surface area contributed by atoms with Gasteiger partial charge in [-0.05, 0) is 61.5 Å². The van der Waals surface area contributed by atoms with Crippen LogP contribution in [0.2, 0.25) is 0 Å². The molecular formula is C26H21N3O3S. The summed E-state index contributed by atoms with van der Waals surface area (Å²) < 4.78 is 12.3. The highest BCUT2D eigenvalue weighted by molar-refractivity contribution is 7.22. The second-order valence-corrected chi connectivity index (χ2v) is 8.37. The fourth-order valence-electron chi connectivity index (χ4n) is 3.43. The number of rotatable bonds is 7. The number of aromatic nitrogens is 2. The molecule has 0 saturated carbocycles. The molecule has 0 fully saturated rings. The van der Waals surface area contributed by atoms with Gasteiger partial charge in [-0.25, -0.2) is 9.97 Å². The lowest BCUT2D eigenvalue weighted by Gasteiger charge is -2.08. The lowest BCUT2D eigenvalue weighted by molar-refractivity contribution is 0.102. The van der Waals surface area contributed by atoms with E-state index in [0.717, 1.165) is 32.6 Å². The fraction of sp³-hybridized carbons (Fsp3) is 0.115. The highest BCUT2D eigenvalue weighted by atomic mass is 32.1. The van der Waals surface area contributed by atoms with E-state index >= 15 is 0 Å². The molecule has 6 nitrogen and oxygen atoms in total. The number of carbonyl (C=O) groups excluding carboxylic acids is 1. The van der Waals surface area contributed by atoms with E-state index in [-0.39, 0.29) is 5.91 Å². The van der Waals surface area contributed by atoms with Gasteiger partial charge in [0.2, 0.25) is 0 Å². The van der Waals surface area contributed by atoms with Crippen LogP contribution in [-0.4, -0.2) is 22.5 Å². The van der Waals surface area contributed by atoms with Crippen LogP contribution < -0.4 is 14.8 Å². The normalized spacial score (nSPS) is 10.9. The second kappa shape index (κ2) is 9.26. The molecule has 164 valence electrons. The fourth-order valence-corrected chi connectivity index (χ4v) is 4.32. The quantitative estimate of drug-likeness (QED) is 0.322. The van der Waals surface area contributed by atoms with Crippen molar-refractivity contribution in [3.05, 3.63) is 90.1 Å². The molecule has 5 aromatic rings. The molecule has 0 bridgehead atoms. The monoisotopic (exact) mass is 455 g/mol. The van der Waals surface area contributed by atoms with Crippen molar-refractivity contribution in [1.29, 1.82) is 0 Å². The first kappa shape index (κ1) is 20.9. The third-order valence-electron chi connectivity index (χ3n) is 5.05. The zero-order valence-corrected chi connectivity index (χ0v) is 18.8. The number of benzene rings is 3. The Morgan fingerprint density at radius 3 is 2.55 bits per heavy atom. The topological polar surface area (TPSA) is 73.3 Å². The third kappa shape index (κ3) is 4.78. The molecule has 2 heterocycles. The van der Waals surface area contributed by atoms with E-state index in [4.69, 9.17) is 9.47 Å². The molecule has 0 unspecified atom stereocenters. The SMILES string of the molecule is CCOc1ccc2nc(NC(=O)c3ccc(OCc4ccc5ccccc5n4)cc3)sc2c1. The summed E-state index contributed by atoms with van der Waals surface area (Å²) in [7, 11) is 0. The summed E-state index contributed by atoms with van der Waals surface area (Å²) in [6.45, 7) is 2.90. The molecule has 5 rings (SSSR count). The van der Waals surface area contributed by atoms with Gasteiger partial charge in [0.15, 0.2) is 5.13 Å². The highest BCUT2D eigenvalue weighted by Gasteiger charge is 2.11. The van der Waals surface area contributed by atoms with Crippen LogP contribution in [0, 0.1) is 0 Å². The second-order valence-electron chi connectivity index (χ2n) is 7.34. The summed E-state index contributed by atoms with van der Waals surface area (Å²) in [5, 5.41) is 4.51. The first-order chi connectivity index (χ1) is 16.2. The van der Waals surface area contributed by atoms with Gasteiger partial charge in [-0.2, -0.15) is 0 Å². The molecule has 0 saturated heterocycles. The zero-order chi connectivity index (χ0) is 22.6. The summed E-state index contributed by atoms with van der Waals surface area (Å²) in [5.74, 6) is 1.24. The minimum Gasteiger partial charge on any atom is -0.494 e. The largest absolute Gasteiger partial charge is 0.494 e. The van der Waals surface area contributed by atoms with Gasteiger partial charge in [-0.1, -0.05) is 35.6 Å². The summed E-state index contributed by atoms with van der Waals surface area (Å²) in [5.41, 5.74) is 3.14. The lowest BCUT2D eigenvalue weighted by Crippen LogP contribution is -2.11. The molecule has 0 radical (unpaired) electrons. The summed E-state index contributed by atoms with van der Waals surface area (Å²) >= 11 is 1.42. The average molecular weight is 456 g/mol. The van der Waals surface area contributed by atoms with Crippen molar-refractivity contribution in [2.24, 2.45) is 0 Å². The number of nitrogens with one attached hydrogen (secondary N) is 1. The maximum absolute atomic E-state index is 12.7. The summed E-state index contributed by atoms with van der Waals surface area (Å²) in [4.78, 5) is 21.8. The van der Waals surface area contributed by atoms with Gasteiger partial charge in [0.25, 0.3) is 5.91 Å². The average Bonchev–Trinajstić information content (AvgIpc) is 3.24. The number of fused-ring (bicyclic) bond motifs is 2. The Morgan fingerprint density at radius 2 is 1.70 bits per heavy atom. The number of nitrogens with zero attached hydrogens (tertiary/aromatic N) is 2. The highest BCUT2D eigenvalue weighted by Crippen LogP contribution is 2.29. The number of para-hydroxylation sites is 1. The number of pyridine rings is 1. The number of hydrogen-bond donors (Lipinski definition) is 1. The smallest absolute Gasteiger partial charge is 0.257 e. The van der Waals surface area contributed by atoms with Crippen molar-refractivity contribution in [2.75, 3.05) is 11.9 Å². The van der Waals surface area contributed by atoms with Gasteiger partial charge < -0.3 is 9.47 Å². The van der Waals surface area contributed by atoms with Crippen molar-refractivity contribution in [3.8, 4) is 11.5 Å². The number of hydrogen-bond acceptors (Lipinski definition) is 6. The van der Waals surface area contributed by atoms with Gasteiger partial charge in [0, 0.05) is 10.9 Å². The van der Waals surface area contributed by atoms with E-state index in [1.807, 2.05) is 61.5 Å². The van der Waals surface area contributed by atoms with Crippen LogP contribution in [0.15, 0.2) is 78.9 Å². The van der Waals surface area contributed by atoms with Crippen LogP contribution in [0.5, 0.6) is 11.5 Å². The molecule has 1 amide bonds. The van der Waals surface area contributed by atoms with E-state index < -0.39 is 0 Å². The van der Waals surface area contributed by atoms with Crippen molar-refractivity contribution in [3.63, 3.8) is 0 Å². The number of ether oxygens (including phenoxy) is 2. The van der Waals surface area contributed by atoms with Gasteiger partial charge in [-0.15, -0.1) is 0 Å². The Labute approximate surface area is 194 Å². The molecule has 33 heavy (non-hydrogen) atoms. The van der Waals surface area contributed by atoms with Crippen molar-refractivity contribution < 1.29 is 14.3 Å². The molecule has 2 aromatic heterocycles. The van der Waals surface area contributed by atoms with E-state index in [9.17, 15) is 4.79 Å². The van der Waals surface area contributed by atoms with E-state index in [1.165, 1.54) is 11.3 Å². The molecule has 0 aliphatic rings. The lowest BCUT2D eigenvalue weighted by atomic mass is 10.2. The maximum atomic E-state index is 12.7. The van der Waals surface area contributed by atoms with Gasteiger partial charge in [-0.3, -0.25) is 10.1 Å². The Bertz CT molecular complexity index is 1430. The van der Waals surface area contributed by atoms with Gasteiger partial charge >= 0.3 is 0 Å². The molecule has 0 aliphatic carbocycles. The Hall–Kier alpha value is -3.97. The van der Waals surface area contributed by atoms with Gasteiger partial charge in [0.05, 0.1) is 28.0 Å². The number of carbonyl (C=O) groups is 1. The Morgan fingerprint density at radius 1 is 0.879 bits per heavy atom. The van der Waals surface area contributed by atoms with Crippen LogP contribution in [-0.2, 0) is 6.61 Å². The predicted octanol–water partition coefficient (Wildman–Crippen LogP) is 6.07. The van der Waals surface area contributed by atoms with Crippen molar-refractivity contribution in [2.45, 2.75) is 13.5 Å². The first-order valence-electron chi connectivity index (χ1n) is 10.6. The third-order valence-corrected chi connectivity index (χ3v) is 5.98. The van der Waals surface area contributed by atoms with Gasteiger partial charge in [0.1, 0.15) is 18.1 Å². The summed E-state index contributed by atoms with van der Waals surface area (Å²) in [6, 6.07) is 24.7. The standard InChI is InChI=1S/C26H21N3O3S/c1-2-31-21-13-14-23-24(15-21)33-26(28-23)29-25(30)18-8-11-20(12-9-18)32-16-19-10-7-17-5-3-4-6-22(17)27-19/h3-15H,2,16H2,1H3,(H,28,29,30). The number of amides is 1.